The van der Waals surface area contributed by atoms with Gasteiger partial charge >= 0.3 is 5.97 Å². The molecule has 1 atom stereocenters. The van der Waals surface area contributed by atoms with Crippen molar-refractivity contribution in [1.29, 1.82) is 0 Å². The van der Waals surface area contributed by atoms with Gasteiger partial charge in [0.25, 0.3) is 5.91 Å². The molecule has 0 fully saturated rings. The molecule has 0 radical (unpaired) electrons. The molecule has 0 aliphatic rings. The topological polar surface area (TPSA) is 113 Å². The predicted octanol–water partition coefficient (Wildman–Crippen LogP) is 3.89. The number of ether oxygens (including phenoxy) is 3. The molecule has 1 N–H and O–H groups in total. The highest BCUT2D eigenvalue weighted by atomic mass is 32.1. The first-order valence-corrected chi connectivity index (χ1v) is 10.8. The summed E-state index contributed by atoms with van der Waals surface area (Å²) in [5.41, 5.74) is 1.84. The van der Waals surface area contributed by atoms with Crippen molar-refractivity contribution >= 4 is 34.6 Å². The standard InChI is InChI=1S/C23H19FN4O5S/c1-13(23(30)31-2)32-15-6-5-14(18(24)10-15)12-26-21(29)17-4-3-9-25-22(17)33-16-7-8-19-20(11-16)28-34-27-19/h3-11,13H,12H2,1-2H3,(H,26,29). The summed E-state index contributed by atoms with van der Waals surface area (Å²) < 4.78 is 38.6. The molecule has 2 heterocycles. The SMILES string of the molecule is COC(=O)C(C)Oc1ccc(CNC(=O)c2cccnc2Oc2ccc3nsnc3c2)c(F)c1. The van der Waals surface area contributed by atoms with E-state index < -0.39 is 23.8 Å². The fraction of sp³-hybridized carbons (Fsp3) is 0.174. The number of pyridine rings is 1. The Morgan fingerprint density at radius 1 is 1.09 bits per heavy atom. The van der Waals surface area contributed by atoms with E-state index in [1.54, 1.807) is 30.3 Å². The molecule has 1 amide bonds. The van der Waals surface area contributed by atoms with Crippen LogP contribution in [0.25, 0.3) is 11.0 Å². The number of nitrogens with one attached hydrogen (secondary N) is 1. The first kappa shape index (κ1) is 23.1. The number of rotatable bonds is 8. The van der Waals surface area contributed by atoms with Crippen LogP contribution in [0, 0.1) is 5.82 Å². The van der Waals surface area contributed by atoms with Crippen LogP contribution >= 0.6 is 11.7 Å². The molecular weight excluding hydrogens is 463 g/mol. The highest BCUT2D eigenvalue weighted by Gasteiger charge is 2.17. The van der Waals surface area contributed by atoms with Crippen molar-refractivity contribution in [3.8, 4) is 17.4 Å². The molecule has 4 aromatic rings. The summed E-state index contributed by atoms with van der Waals surface area (Å²) in [6.07, 6.45) is 0.620. The largest absolute Gasteiger partial charge is 0.479 e. The smallest absolute Gasteiger partial charge is 0.346 e. The van der Waals surface area contributed by atoms with E-state index in [1.165, 1.54) is 32.4 Å². The number of amides is 1. The number of halogens is 1. The van der Waals surface area contributed by atoms with E-state index in [2.05, 4.69) is 23.8 Å². The van der Waals surface area contributed by atoms with Gasteiger partial charge in [0.2, 0.25) is 5.88 Å². The van der Waals surface area contributed by atoms with Crippen LogP contribution in [0.15, 0.2) is 54.7 Å². The van der Waals surface area contributed by atoms with Crippen molar-refractivity contribution in [1.82, 2.24) is 19.0 Å². The van der Waals surface area contributed by atoms with E-state index in [4.69, 9.17) is 9.47 Å². The summed E-state index contributed by atoms with van der Waals surface area (Å²) in [4.78, 5) is 28.4. The molecule has 11 heteroatoms. The van der Waals surface area contributed by atoms with Gasteiger partial charge in [-0.3, -0.25) is 4.79 Å². The molecule has 0 saturated carbocycles. The predicted molar refractivity (Wildman–Crippen MR) is 121 cm³/mol. The number of esters is 1. The van der Waals surface area contributed by atoms with E-state index in [0.717, 1.165) is 23.3 Å². The van der Waals surface area contributed by atoms with Crippen LogP contribution in [-0.2, 0) is 16.1 Å². The minimum Gasteiger partial charge on any atom is -0.479 e. The maximum atomic E-state index is 14.5. The molecule has 174 valence electrons. The van der Waals surface area contributed by atoms with Crippen molar-refractivity contribution in [2.45, 2.75) is 19.6 Å². The lowest BCUT2D eigenvalue weighted by Crippen LogP contribution is -2.25. The van der Waals surface area contributed by atoms with Gasteiger partial charge in [-0.1, -0.05) is 6.07 Å². The number of carbonyl (C=O) groups is 2. The number of benzene rings is 2. The summed E-state index contributed by atoms with van der Waals surface area (Å²) in [5.74, 6) is -0.935. The Hall–Kier alpha value is -4.12. The minimum absolute atomic E-state index is 0.0811. The zero-order valence-electron chi connectivity index (χ0n) is 18.1. The number of aromatic nitrogens is 3. The molecule has 0 spiro atoms. The lowest BCUT2D eigenvalue weighted by atomic mass is 10.2. The molecule has 0 aliphatic heterocycles. The van der Waals surface area contributed by atoms with Gasteiger partial charge in [0, 0.05) is 30.4 Å². The van der Waals surface area contributed by atoms with E-state index >= 15 is 0 Å². The van der Waals surface area contributed by atoms with Crippen LogP contribution in [0.5, 0.6) is 17.4 Å². The first-order valence-electron chi connectivity index (χ1n) is 10.1. The van der Waals surface area contributed by atoms with Crippen molar-refractivity contribution in [2.24, 2.45) is 0 Å². The van der Waals surface area contributed by atoms with Crippen LogP contribution in [-0.4, -0.2) is 38.8 Å². The quantitative estimate of drug-likeness (QED) is 0.377. The van der Waals surface area contributed by atoms with E-state index in [-0.39, 0.29) is 29.3 Å². The molecule has 0 aliphatic carbocycles. The van der Waals surface area contributed by atoms with E-state index in [1.807, 2.05) is 0 Å². The highest BCUT2D eigenvalue weighted by molar-refractivity contribution is 7.00. The van der Waals surface area contributed by atoms with Crippen molar-refractivity contribution < 1.29 is 28.2 Å². The molecular formula is C23H19FN4O5S. The number of carbonyl (C=O) groups excluding carboxylic acids is 2. The van der Waals surface area contributed by atoms with E-state index in [0.29, 0.717) is 11.3 Å². The summed E-state index contributed by atoms with van der Waals surface area (Å²) in [6, 6.07) is 12.4. The van der Waals surface area contributed by atoms with Gasteiger partial charge in [-0.25, -0.2) is 14.2 Å². The molecule has 34 heavy (non-hydrogen) atoms. The normalized spacial score (nSPS) is 11.6. The maximum absolute atomic E-state index is 14.5. The van der Waals surface area contributed by atoms with Gasteiger partial charge in [-0.15, -0.1) is 0 Å². The molecule has 0 bridgehead atoms. The second-order valence-electron chi connectivity index (χ2n) is 7.09. The van der Waals surface area contributed by atoms with Crippen molar-refractivity contribution in [3.63, 3.8) is 0 Å². The number of hydrogen-bond donors (Lipinski definition) is 1. The molecule has 2 aromatic heterocycles. The van der Waals surface area contributed by atoms with Gasteiger partial charge in [0.1, 0.15) is 33.9 Å². The van der Waals surface area contributed by atoms with E-state index in [9.17, 15) is 14.0 Å². The number of fused-ring (bicyclic) bond motifs is 1. The molecule has 9 nitrogen and oxygen atoms in total. The second-order valence-corrected chi connectivity index (χ2v) is 7.62. The summed E-state index contributed by atoms with van der Waals surface area (Å²) in [6.45, 7) is 1.42. The monoisotopic (exact) mass is 482 g/mol. The third-order valence-electron chi connectivity index (χ3n) is 4.77. The average molecular weight is 482 g/mol. The Bertz CT molecular complexity index is 1350. The van der Waals surface area contributed by atoms with Crippen LogP contribution in [0.2, 0.25) is 0 Å². The number of nitrogens with zero attached hydrogens (tertiary/aromatic N) is 3. The third-order valence-corrected chi connectivity index (χ3v) is 5.32. The van der Waals surface area contributed by atoms with Crippen LogP contribution in [0.3, 0.4) is 0 Å². The summed E-state index contributed by atoms with van der Waals surface area (Å²) in [5, 5.41) is 2.66. The average Bonchev–Trinajstić information content (AvgIpc) is 3.31. The van der Waals surface area contributed by atoms with Crippen LogP contribution in [0.1, 0.15) is 22.8 Å². The van der Waals surface area contributed by atoms with Crippen LogP contribution < -0.4 is 14.8 Å². The second kappa shape index (κ2) is 10.2. The molecule has 1 unspecified atom stereocenters. The Kier molecular flexibility index (Phi) is 6.93. The van der Waals surface area contributed by atoms with Crippen molar-refractivity contribution in [3.05, 3.63) is 71.7 Å². The fourth-order valence-electron chi connectivity index (χ4n) is 3.02. The minimum atomic E-state index is -0.883. The summed E-state index contributed by atoms with van der Waals surface area (Å²) >= 11 is 1.09. The van der Waals surface area contributed by atoms with Gasteiger partial charge in [0.05, 0.1) is 18.8 Å². The lowest BCUT2D eigenvalue weighted by molar-refractivity contribution is -0.147. The number of hydrogen-bond acceptors (Lipinski definition) is 9. The van der Waals surface area contributed by atoms with Gasteiger partial charge in [0.15, 0.2) is 6.10 Å². The van der Waals surface area contributed by atoms with Crippen molar-refractivity contribution in [2.75, 3.05) is 7.11 Å². The Balaban J connectivity index is 1.43. The Labute approximate surface area is 197 Å². The zero-order chi connectivity index (χ0) is 24.1. The lowest BCUT2D eigenvalue weighted by Gasteiger charge is -2.14. The maximum Gasteiger partial charge on any atom is 0.346 e. The Morgan fingerprint density at radius 3 is 2.68 bits per heavy atom. The molecule has 4 rings (SSSR count). The third kappa shape index (κ3) is 5.26. The highest BCUT2D eigenvalue weighted by Crippen LogP contribution is 2.26. The van der Waals surface area contributed by atoms with Gasteiger partial charge in [-0.2, -0.15) is 8.75 Å². The fourth-order valence-corrected chi connectivity index (χ4v) is 3.53. The number of methoxy groups -OCH3 is 1. The van der Waals surface area contributed by atoms with Gasteiger partial charge < -0.3 is 19.5 Å². The molecule has 0 saturated heterocycles. The molecule has 2 aromatic carbocycles. The summed E-state index contributed by atoms with van der Waals surface area (Å²) in [7, 11) is 1.24. The zero-order valence-corrected chi connectivity index (χ0v) is 19.0. The van der Waals surface area contributed by atoms with Crippen LogP contribution in [0.4, 0.5) is 4.39 Å². The Morgan fingerprint density at radius 2 is 1.88 bits per heavy atom. The van der Waals surface area contributed by atoms with Gasteiger partial charge in [-0.05, 0) is 37.3 Å². The first-order chi connectivity index (χ1) is 16.4.